The maximum atomic E-state index is 5.63. The normalized spacial score (nSPS) is 17.1. The molecule has 1 N–H and O–H groups in total. The van der Waals surface area contributed by atoms with E-state index >= 15 is 0 Å². The van der Waals surface area contributed by atoms with Gasteiger partial charge in [0.2, 0.25) is 0 Å². The van der Waals surface area contributed by atoms with Gasteiger partial charge in [0.15, 0.2) is 11.5 Å². The number of rotatable bonds is 7. The molecule has 1 saturated heterocycles. The Morgan fingerprint density at radius 2 is 1.59 bits per heavy atom. The number of benzene rings is 1. The molecule has 124 valence electrons. The van der Waals surface area contributed by atoms with Crippen LogP contribution in [0.4, 0.5) is 0 Å². The van der Waals surface area contributed by atoms with E-state index in [9.17, 15) is 0 Å². The quantitative estimate of drug-likeness (QED) is 0.838. The van der Waals surface area contributed by atoms with Gasteiger partial charge >= 0.3 is 0 Å². The van der Waals surface area contributed by atoms with Crippen LogP contribution in [-0.2, 0) is 0 Å². The van der Waals surface area contributed by atoms with Gasteiger partial charge in [0.25, 0.3) is 0 Å². The molecule has 1 atom stereocenters. The Morgan fingerprint density at radius 1 is 1.00 bits per heavy atom. The highest BCUT2D eigenvalue weighted by Gasteiger charge is 2.26. The van der Waals surface area contributed by atoms with Gasteiger partial charge in [0.1, 0.15) is 5.75 Å². The molecule has 1 fully saturated rings. The Morgan fingerprint density at radius 3 is 2.14 bits per heavy atom. The molecule has 1 heterocycles. The molecule has 0 saturated carbocycles. The summed E-state index contributed by atoms with van der Waals surface area (Å²) in [5, 5.41) is 3.41. The first-order valence-electron chi connectivity index (χ1n) is 7.99. The summed E-state index contributed by atoms with van der Waals surface area (Å²) in [5.41, 5.74) is 1.18. The highest BCUT2D eigenvalue weighted by molar-refractivity contribution is 5.51. The molecule has 1 aliphatic rings. The van der Waals surface area contributed by atoms with Crippen molar-refractivity contribution in [2.45, 2.75) is 25.8 Å². The monoisotopic (exact) mass is 308 g/mol. The lowest BCUT2D eigenvalue weighted by Crippen LogP contribution is -2.45. The fourth-order valence-electron chi connectivity index (χ4n) is 3.12. The van der Waals surface area contributed by atoms with Crippen LogP contribution in [0.2, 0.25) is 0 Å². The van der Waals surface area contributed by atoms with Crippen molar-refractivity contribution in [3.05, 3.63) is 17.7 Å². The molecule has 1 aromatic rings. The summed E-state index contributed by atoms with van der Waals surface area (Å²) in [6.07, 6.45) is 2.23. The number of nitrogens with one attached hydrogen (secondary N) is 1. The van der Waals surface area contributed by atoms with Crippen molar-refractivity contribution in [1.82, 2.24) is 10.2 Å². The maximum absolute atomic E-state index is 5.63. The minimum absolute atomic E-state index is 0.349. The van der Waals surface area contributed by atoms with Crippen LogP contribution in [0.3, 0.4) is 0 Å². The number of methoxy groups -OCH3 is 3. The molecule has 0 aliphatic carbocycles. The fourth-order valence-corrected chi connectivity index (χ4v) is 3.12. The summed E-state index contributed by atoms with van der Waals surface area (Å²) in [4.78, 5) is 2.53. The highest BCUT2D eigenvalue weighted by atomic mass is 16.5. The molecular weight excluding hydrogens is 280 g/mol. The number of nitrogens with zero attached hydrogens (tertiary/aromatic N) is 1. The molecule has 0 radical (unpaired) electrons. The van der Waals surface area contributed by atoms with Crippen LogP contribution in [0.15, 0.2) is 12.1 Å². The van der Waals surface area contributed by atoms with Gasteiger partial charge in [-0.25, -0.2) is 0 Å². The molecule has 2 rings (SSSR count). The van der Waals surface area contributed by atoms with E-state index in [1.54, 1.807) is 21.3 Å². The Kier molecular flexibility index (Phi) is 6.34. The second kappa shape index (κ2) is 8.25. The summed E-state index contributed by atoms with van der Waals surface area (Å²) in [6.45, 7) is 6.42. The summed E-state index contributed by atoms with van der Waals surface area (Å²) >= 11 is 0. The second-order valence-corrected chi connectivity index (χ2v) is 5.54. The number of piperazine rings is 1. The Labute approximate surface area is 133 Å². The standard InChI is InChI=1S/C17H28N2O3/c1-5-6-14(19-9-7-18-8-10-19)13-11-16(21-3)17(22-4)12-15(13)20-2/h11-12,14,18H,5-10H2,1-4H3/t14-/m1/s1. The van der Waals surface area contributed by atoms with E-state index in [0.717, 1.165) is 50.5 Å². The predicted molar refractivity (Wildman–Crippen MR) is 88.2 cm³/mol. The minimum atomic E-state index is 0.349. The van der Waals surface area contributed by atoms with Crippen LogP contribution < -0.4 is 19.5 Å². The van der Waals surface area contributed by atoms with Crippen molar-refractivity contribution in [1.29, 1.82) is 0 Å². The minimum Gasteiger partial charge on any atom is -0.496 e. The van der Waals surface area contributed by atoms with E-state index in [0.29, 0.717) is 11.8 Å². The van der Waals surface area contributed by atoms with Crippen LogP contribution in [-0.4, -0.2) is 52.4 Å². The highest BCUT2D eigenvalue weighted by Crippen LogP contribution is 2.40. The summed E-state index contributed by atoms with van der Waals surface area (Å²) < 4.78 is 16.5. The molecular formula is C17H28N2O3. The van der Waals surface area contributed by atoms with Gasteiger partial charge < -0.3 is 19.5 Å². The van der Waals surface area contributed by atoms with Gasteiger partial charge in [-0.1, -0.05) is 13.3 Å². The van der Waals surface area contributed by atoms with E-state index < -0.39 is 0 Å². The Hall–Kier alpha value is -1.46. The lowest BCUT2D eigenvalue weighted by molar-refractivity contribution is 0.161. The maximum Gasteiger partial charge on any atom is 0.164 e. The van der Waals surface area contributed by atoms with Crippen molar-refractivity contribution in [2.75, 3.05) is 47.5 Å². The first-order valence-corrected chi connectivity index (χ1v) is 7.99. The van der Waals surface area contributed by atoms with Crippen LogP contribution >= 0.6 is 0 Å². The van der Waals surface area contributed by atoms with Gasteiger partial charge in [-0.15, -0.1) is 0 Å². The van der Waals surface area contributed by atoms with Crippen LogP contribution in [0.1, 0.15) is 31.4 Å². The molecule has 1 aromatic carbocycles. The van der Waals surface area contributed by atoms with Crippen LogP contribution in [0, 0.1) is 0 Å². The number of hydrogen-bond donors (Lipinski definition) is 1. The third-order valence-electron chi connectivity index (χ3n) is 4.25. The zero-order chi connectivity index (χ0) is 15.9. The SMILES string of the molecule is CCC[C@H](c1cc(OC)c(OC)cc1OC)N1CCNCC1. The molecule has 1 aliphatic heterocycles. The predicted octanol–water partition coefficient (Wildman–Crippen LogP) is 2.46. The lowest BCUT2D eigenvalue weighted by Gasteiger charge is -2.36. The molecule has 5 heteroatoms. The molecule has 0 unspecified atom stereocenters. The summed E-state index contributed by atoms with van der Waals surface area (Å²) in [7, 11) is 5.04. The van der Waals surface area contributed by atoms with Crippen molar-refractivity contribution in [2.24, 2.45) is 0 Å². The number of ether oxygens (including phenoxy) is 3. The Balaban J connectivity index is 2.40. The summed E-state index contributed by atoms with van der Waals surface area (Å²) in [5.74, 6) is 2.34. The third kappa shape index (κ3) is 3.65. The van der Waals surface area contributed by atoms with Crippen molar-refractivity contribution >= 4 is 0 Å². The van der Waals surface area contributed by atoms with Crippen molar-refractivity contribution in [3.8, 4) is 17.2 Å². The molecule has 0 amide bonds. The van der Waals surface area contributed by atoms with Crippen molar-refractivity contribution in [3.63, 3.8) is 0 Å². The Bertz CT molecular complexity index is 473. The van der Waals surface area contributed by atoms with Crippen molar-refractivity contribution < 1.29 is 14.2 Å². The lowest BCUT2D eigenvalue weighted by atomic mass is 9.98. The van der Waals surface area contributed by atoms with E-state index in [1.165, 1.54) is 5.56 Å². The smallest absolute Gasteiger partial charge is 0.164 e. The van der Waals surface area contributed by atoms with Gasteiger partial charge in [0.05, 0.1) is 21.3 Å². The van der Waals surface area contributed by atoms with Crippen LogP contribution in [0.5, 0.6) is 17.2 Å². The van der Waals surface area contributed by atoms with E-state index in [1.807, 2.05) is 6.07 Å². The average molecular weight is 308 g/mol. The third-order valence-corrected chi connectivity index (χ3v) is 4.25. The summed E-state index contributed by atoms with van der Waals surface area (Å²) in [6, 6.07) is 4.35. The van der Waals surface area contributed by atoms with Gasteiger partial charge in [-0.3, -0.25) is 4.90 Å². The average Bonchev–Trinajstić information content (AvgIpc) is 2.59. The number of hydrogen-bond acceptors (Lipinski definition) is 5. The topological polar surface area (TPSA) is 43.0 Å². The molecule has 0 bridgehead atoms. The molecule has 0 aromatic heterocycles. The zero-order valence-electron chi connectivity index (χ0n) is 14.1. The molecule has 0 spiro atoms. The van der Waals surface area contributed by atoms with E-state index in [-0.39, 0.29) is 0 Å². The first-order chi connectivity index (χ1) is 10.7. The van der Waals surface area contributed by atoms with Gasteiger partial charge in [-0.2, -0.15) is 0 Å². The fraction of sp³-hybridized carbons (Fsp3) is 0.647. The van der Waals surface area contributed by atoms with Crippen LogP contribution in [0.25, 0.3) is 0 Å². The zero-order valence-corrected chi connectivity index (χ0v) is 14.1. The largest absolute Gasteiger partial charge is 0.496 e. The van der Waals surface area contributed by atoms with E-state index in [4.69, 9.17) is 14.2 Å². The second-order valence-electron chi connectivity index (χ2n) is 5.54. The molecule has 22 heavy (non-hydrogen) atoms. The van der Waals surface area contributed by atoms with E-state index in [2.05, 4.69) is 23.2 Å². The molecule has 5 nitrogen and oxygen atoms in total. The first kappa shape index (κ1) is 16.9. The van der Waals surface area contributed by atoms with Gasteiger partial charge in [0, 0.05) is 43.9 Å². The van der Waals surface area contributed by atoms with Gasteiger partial charge in [-0.05, 0) is 12.5 Å².